The average Bonchev–Trinajstić information content (AvgIpc) is 2.84. The van der Waals surface area contributed by atoms with E-state index in [0.717, 1.165) is 5.56 Å². The van der Waals surface area contributed by atoms with Crippen molar-refractivity contribution in [1.82, 2.24) is 10.2 Å². The van der Waals surface area contributed by atoms with E-state index in [-0.39, 0.29) is 30.8 Å². The Hall–Kier alpha value is -2.24. The lowest BCUT2D eigenvalue weighted by Crippen LogP contribution is -2.38. The molecule has 2 rings (SSSR count). The summed E-state index contributed by atoms with van der Waals surface area (Å²) in [5.41, 5.74) is 1.07. The first-order valence-corrected chi connectivity index (χ1v) is 7.39. The maximum atomic E-state index is 11.8. The molecular formula is C16H22N2O4. The Balaban J connectivity index is 1.71. The number of nitrogens with zero attached hydrogens (tertiary/aromatic N) is 1. The predicted octanol–water partition coefficient (Wildman–Crippen LogP) is 1.72. The zero-order valence-electron chi connectivity index (χ0n) is 13.2. The van der Waals surface area contributed by atoms with Gasteiger partial charge in [0.25, 0.3) is 5.91 Å². The van der Waals surface area contributed by atoms with E-state index in [2.05, 4.69) is 5.32 Å². The van der Waals surface area contributed by atoms with Crippen LogP contribution in [0.4, 0.5) is 4.79 Å². The minimum atomic E-state index is -0.328. The highest BCUT2D eigenvalue weighted by atomic mass is 16.6. The van der Waals surface area contributed by atoms with Crippen LogP contribution in [0.3, 0.4) is 0 Å². The van der Waals surface area contributed by atoms with Crippen LogP contribution in [0.5, 0.6) is 5.75 Å². The van der Waals surface area contributed by atoms with Crippen molar-refractivity contribution in [3.05, 3.63) is 29.8 Å². The number of aryl methyl sites for hydroxylation is 1. The van der Waals surface area contributed by atoms with Crippen molar-refractivity contribution in [2.24, 2.45) is 0 Å². The average molecular weight is 306 g/mol. The van der Waals surface area contributed by atoms with Gasteiger partial charge in [0.15, 0.2) is 6.61 Å². The molecule has 1 aliphatic rings. The summed E-state index contributed by atoms with van der Waals surface area (Å²) >= 11 is 0. The molecule has 1 aliphatic heterocycles. The van der Waals surface area contributed by atoms with Crippen molar-refractivity contribution in [3.8, 4) is 5.75 Å². The van der Waals surface area contributed by atoms with Crippen LogP contribution in [0.1, 0.15) is 19.4 Å². The van der Waals surface area contributed by atoms with Crippen molar-refractivity contribution < 1.29 is 19.1 Å². The number of benzene rings is 1. The normalized spacial score (nSPS) is 17.5. The Labute approximate surface area is 130 Å². The molecule has 120 valence electrons. The lowest BCUT2D eigenvalue weighted by atomic mass is 10.2. The third-order valence-electron chi connectivity index (χ3n) is 3.41. The Bertz CT molecular complexity index is 545. The van der Waals surface area contributed by atoms with Gasteiger partial charge in [-0.3, -0.25) is 4.79 Å². The fourth-order valence-corrected chi connectivity index (χ4v) is 2.20. The number of hydrogen-bond acceptors (Lipinski definition) is 4. The summed E-state index contributed by atoms with van der Waals surface area (Å²) in [5, 5.41) is 2.72. The molecule has 1 aromatic rings. The fourth-order valence-electron chi connectivity index (χ4n) is 2.20. The van der Waals surface area contributed by atoms with Crippen LogP contribution >= 0.6 is 0 Å². The topological polar surface area (TPSA) is 67.9 Å². The molecule has 0 aliphatic carbocycles. The molecule has 22 heavy (non-hydrogen) atoms. The largest absolute Gasteiger partial charge is 0.484 e. The molecule has 0 saturated carbocycles. The second-order valence-electron chi connectivity index (χ2n) is 5.66. The van der Waals surface area contributed by atoms with E-state index in [9.17, 15) is 9.59 Å². The second-order valence-corrected chi connectivity index (χ2v) is 5.66. The van der Waals surface area contributed by atoms with Gasteiger partial charge in [-0.25, -0.2) is 4.79 Å². The highest BCUT2D eigenvalue weighted by Gasteiger charge is 2.32. The van der Waals surface area contributed by atoms with Crippen LogP contribution in [-0.4, -0.2) is 48.7 Å². The number of cyclic esters (lactones) is 1. The first-order valence-electron chi connectivity index (χ1n) is 7.39. The summed E-state index contributed by atoms with van der Waals surface area (Å²) in [4.78, 5) is 25.0. The Morgan fingerprint density at radius 3 is 2.91 bits per heavy atom. The van der Waals surface area contributed by atoms with Gasteiger partial charge in [0.05, 0.1) is 13.1 Å². The van der Waals surface area contributed by atoms with E-state index in [1.165, 1.54) is 0 Å². The molecule has 6 nitrogen and oxygen atoms in total. The summed E-state index contributed by atoms with van der Waals surface area (Å²) < 4.78 is 10.6. The van der Waals surface area contributed by atoms with E-state index in [4.69, 9.17) is 9.47 Å². The van der Waals surface area contributed by atoms with Gasteiger partial charge in [-0.1, -0.05) is 12.1 Å². The number of carbonyl (C=O) groups is 2. The van der Waals surface area contributed by atoms with E-state index in [1.807, 2.05) is 39.0 Å². The molecule has 2 amide bonds. The molecular weight excluding hydrogens is 284 g/mol. The molecule has 1 fully saturated rings. The van der Waals surface area contributed by atoms with Gasteiger partial charge in [-0.15, -0.1) is 0 Å². The summed E-state index contributed by atoms with van der Waals surface area (Å²) in [7, 11) is 0. The molecule has 1 atom stereocenters. The third-order valence-corrected chi connectivity index (χ3v) is 3.41. The van der Waals surface area contributed by atoms with Gasteiger partial charge in [-0.05, 0) is 38.5 Å². The smallest absolute Gasteiger partial charge is 0.410 e. The molecule has 0 bridgehead atoms. The van der Waals surface area contributed by atoms with Crippen molar-refractivity contribution in [3.63, 3.8) is 0 Å². The third kappa shape index (κ3) is 4.38. The number of ether oxygens (including phenoxy) is 2. The van der Waals surface area contributed by atoms with Crippen molar-refractivity contribution >= 4 is 12.0 Å². The van der Waals surface area contributed by atoms with E-state index in [0.29, 0.717) is 18.8 Å². The van der Waals surface area contributed by atoms with Crippen LogP contribution in [0.25, 0.3) is 0 Å². The highest BCUT2D eigenvalue weighted by Crippen LogP contribution is 2.14. The standard InChI is InChI=1S/C16H22N2O4/c1-11(2)18-9-14(22-16(18)20)8-17-15(19)10-21-13-6-4-5-12(3)7-13/h4-7,11,14H,8-10H2,1-3H3,(H,17,19). The zero-order chi connectivity index (χ0) is 16.1. The lowest BCUT2D eigenvalue weighted by molar-refractivity contribution is -0.123. The van der Waals surface area contributed by atoms with Crippen LogP contribution in [0, 0.1) is 6.92 Å². The Kier molecular flexibility index (Phi) is 5.25. The monoisotopic (exact) mass is 306 g/mol. The number of carbonyl (C=O) groups excluding carboxylic acids is 2. The van der Waals surface area contributed by atoms with Gasteiger partial charge < -0.3 is 19.7 Å². The first kappa shape index (κ1) is 16.1. The molecule has 6 heteroatoms. The second kappa shape index (κ2) is 7.15. The highest BCUT2D eigenvalue weighted by molar-refractivity contribution is 5.77. The number of hydrogen-bond donors (Lipinski definition) is 1. The van der Waals surface area contributed by atoms with Crippen LogP contribution in [0.15, 0.2) is 24.3 Å². The van der Waals surface area contributed by atoms with E-state index in [1.54, 1.807) is 11.0 Å². The molecule has 1 unspecified atom stereocenters. The first-order chi connectivity index (χ1) is 10.5. The summed E-state index contributed by atoms with van der Waals surface area (Å²) in [6, 6.07) is 7.60. The minimum absolute atomic E-state index is 0.0575. The van der Waals surface area contributed by atoms with Crippen LogP contribution in [-0.2, 0) is 9.53 Å². The van der Waals surface area contributed by atoms with Gasteiger partial charge in [0.1, 0.15) is 11.9 Å². The minimum Gasteiger partial charge on any atom is -0.484 e. The fraction of sp³-hybridized carbons (Fsp3) is 0.500. The molecule has 1 N–H and O–H groups in total. The Morgan fingerprint density at radius 1 is 1.50 bits per heavy atom. The molecule has 1 heterocycles. The maximum Gasteiger partial charge on any atom is 0.410 e. The summed E-state index contributed by atoms with van der Waals surface area (Å²) in [5.74, 6) is 0.425. The van der Waals surface area contributed by atoms with Crippen molar-refractivity contribution in [1.29, 1.82) is 0 Å². The summed E-state index contributed by atoms with van der Waals surface area (Å²) in [6.45, 7) is 6.55. The quantitative estimate of drug-likeness (QED) is 0.869. The molecule has 1 aromatic carbocycles. The van der Waals surface area contributed by atoms with Crippen molar-refractivity contribution in [2.75, 3.05) is 19.7 Å². The van der Waals surface area contributed by atoms with E-state index < -0.39 is 0 Å². The SMILES string of the molecule is Cc1cccc(OCC(=O)NCC2CN(C(C)C)C(=O)O2)c1. The molecule has 0 aromatic heterocycles. The van der Waals surface area contributed by atoms with Gasteiger partial charge in [0.2, 0.25) is 0 Å². The van der Waals surface area contributed by atoms with Crippen LogP contribution < -0.4 is 10.1 Å². The van der Waals surface area contributed by atoms with E-state index >= 15 is 0 Å². The van der Waals surface area contributed by atoms with Gasteiger partial charge in [0, 0.05) is 6.04 Å². The molecule has 0 radical (unpaired) electrons. The van der Waals surface area contributed by atoms with Crippen molar-refractivity contribution in [2.45, 2.75) is 32.9 Å². The lowest BCUT2D eigenvalue weighted by Gasteiger charge is -2.16. The van der Waals surface area contributed by atoms with Gasteiger partial charge in [-0.2, -0.15) is 0 Å². The number of amides is 2. The number of rotatable bonds is 6. The predicted molar refractivity (Wildman–Crippen MR) is 81.8 cm³/mol. The molecule has 0 spiro atoms. The zero-order valence-corrected chi connectivity index (χ0v) is 13.2. The number of nitrogens with one attached hydrogen (secondary N) is 1. The summed E-state index contributed by atoms with van der Waals surface area (Å²) in [6.07, 6.45) is -0.636. The molecule has 1 saturated heterocycles. The maximum absolute atomic E-state index is 11.8. The Morgan fingerprint density at radius 2 is 2.27 bits per heavy atom. The van der Waals surface area contributed by atoms with Crippen LogP contribution in [0.2, 0.25) is 0 Å². The van der Waals surface area contributed by atoms with Gasteiger partial charge >= 0.3 is 6.09 Å².